The molecule has 0 aromatic carbocycles. The van der Waals surface area contributed by atoms with Gasteiger partial charge < -0.3 is 65.1 Å². The SMILES string of the molecule is CC/C=C\C/C=C\C/C=C\C/C=C\C/C=C\C/C=C\C/C=C\CCCC(=O)NC(COC1OC(CO)C(OC2OC(CO)C(O)C(O)C2O)C(O)C1O)C(O)/C=C/CC/C=C/CC/C=C/CC. The summed E-state index contributed by atoms with van der Waals surface area (Å²) in [6, 6.07) is -0.975. The molecule has 9 N–H and O–H groups in total. The average Bonchev–Trinajstić information content (AvgIpc) is 3.32. The lowest BCUT2D eigenvalue weighted by atomic mass is 9.97. The van der Waals surface area contributed by atoms with E-state index in [0.717, 1.165) is 70.6 Å². The van der Waals surface area contributed by atoms with E-state index in [1.54, 1.807) is 6.08 Å². The molecule has 0 saturated carbocycles. The van der Waals surface area contributed by atoms with Crippen LogP contribution < -0.4 is 5.32 Å². The van der Waals surface area contributed by atoms with Gasteiger partial charge in [-0.3, -0.25) is 4.79 Å². The molecule has 0 aromatic heterocycles. The number of unbranched alkanes of at least 4 members (excludes halogenated alkanes) is 3. The van der Waals surface area contributed by atoms with Gasteiger partial charge in [0, 0.05) is 6.42 Å². The number of aliphatic hydroxyl groups is 8. The van der Waals surface area contributed by atoms with Gasteiger partial charge in [-0.05, 0) is 89.9 Å². The molecule has 14 nitrogen and oxygen atoms in total. The normalized spacial score (nSPS) is 27.7. The van der Waals surface area contributed by atoms with Crippen molar-refractivity contribution in [3.63, 3.8) is 0 Å². The number of hydrogen-bond donors (Lipinski definition) is 9. The van der Waals surface area contributed by atoms with Crippen LogP contribution in [0.2, 0.25) is 0 Å². The number of allylic oxidation sites excluding steroid dienone is 19. The van der Waals surface area contributed by atoms with Crippen molar-refractivity contribution >= 4 is 5.91 Å². The summed E-state index contributed by atoms with van der Waals surface area (Å²) >= 11 is 0. The fourth-order valence-electron chi connectivity index (χ4n) is 6.96. The second kappa shape index (κ2) is 38.3. The van der Waals surface area contributed by atoms with Crippen LogP contribution in [0.5, 0.6) is 0 Å². The maximum atomic E-state index is 13.1. The summed E-state index contributed by atoms with van der Waals surface area (Å²) in [5.74, 6) is -0.321. The molecule has 0 spiro atoms. The Hall–Kier alpha value is -3.61. The first kappa shape index (κ1) is 59.5. The third-order valence-electron chi connectivity index (χ3n) is 10.9. The minimum atomic E-state index is -1.80. The van der Waals surface area contributed by atoms with Crippen LogP contribution in [0.1, 0.15) is 110 Å². The Bertz CT molecular complexity index is 1580. The maximum Gasteiger partial charge on any atom is 0.220 e. The van der Waals surface area contributed by atoms with Crippen molar-refractivity contribution in [1.82, 2.24) is 5.32 Å². The molecule has 378 valence electrons. The van der Waals surface area contributed by atoms with Gasteiger partial charge in [-0.25, -0.2) is 0 Å². The lowest BCUT2D eigenvalue weighted by Crippen LogP contribution is -2.65. The smallest absolute Gasteiger partial charge is 0.220 e. The van der Waals surface area contributed by atoms with Gasteiger partial charge in [-0.2, -0.15) is 0 Å². The molecular formula is C53H83NO13. The second-order valence-electron chi connectivity index (χ2n) is 16.5. The number of carbonyl (C=O) groups excluding carboxylic acids is 1. The van der Waals surface area contributed by atoms with E-state index in [9.17, 15) is 45.6 Å². The number of nitrogens with one attached hydrogen (secondary N) is 1. The molecule has 67 heavy (non-hydrogen) atoms. The topological polar surface area (TPSA) is 228 Å². The third-order valence-corrected chi connectivity index (χ3v) is 10.9. The quantitative estimate of drug-likeness (QED) is 0.0270. The molecule has 0 radical (unpaired) electrons. The number of aliphatic hydroxyl groups excluding tert-OH is 8. The Morgan fingerprint density at radius 3 is 1.49 bits per heavy atom. The Morgan fingerprint density at radius 1 is 0.537 bits per heavy atom. The summed E-state index contributed by atoms with van der Waals surface area (Å²) in [5.41, 5.74) is 0. The monoisotopic (exact) mass is 942 g/mol. The fourth-order valence-corrected chi connectivity index (χ4v) is 6.96. The van der Waals surface area contributed by atoms with E-state index >= 15 is 0 Å². The largest absolute Gasteiger partial charge is 0.394 e. The van der Waals surface area contributed by atoms with Crippen LogP contribution in [0.4, 0.5) is 0 Å². The average molecular weight is 942 g/mol. The molecule has 0 aliphatic carbocycles. The lowest BCUT2D eigenvalue weighted by Gasteiger charge is -2.46. The minimum absolute atomic E-state index is 0.181. The molecule has 12 atom stereocenters. The second-order valence-corrected chi connectivity index (χ2v) is 16.5. The Labute approximate surface area is 399 Å². The highest BCUT2D eigenvalue weighted by atomic mass is 16.7. The van der Waals surface area contributed by atoms with Gasteiger partial charge in [0.25, 0.3) is 0 Å². The third kappa shape index (κ3) is 25.5. The molecule has 2 saturated heterocycles. The Kier molecular flexibility index (Phi) is 34.0. The zero-order valence-electron chi connectivity index (χ0n) is 39.8. The van der Waals surface area contributed by atoms with Crippen molar-refractivity contribution in [1.29, 1.82) is 0 Å². The van der Waals surface area contributed by atoms with Crippen LogP contribution in [-0.2, 0) is 23.7 Å². The van der Waals surface area contributed by atoms with Gasteiger partial charge in [0.2, 0.25) is 5.91 Å². The van der Waals surface area contributed by atoms with Gasteiger partial charge in [-0.15, -0.1) is 0 Å². The molecular weight excluding hydrogens is 859 g/mol. The molecule has 1 amide bonds. The molecule has 0 aromatic rings. The summed E-state index contributed by atoms with van der Waals surface area (Å²) in [4.78, 5) is 13.1. The number of rotatable bonds is 34. The van der Waals surface area contributed by atoms with Crippen LogP contribution >= 0.6 is 0 Å². The maximum absolute atomic E-state index is 13.1. The summed E-state index contributed by atoms with van der Waals surface area (Å²) in [5, 5.41) is 86.4. The fraction of sp³-hybridized carbons (Fsp3) is 0.604. The molecule has 2 rings (SSSR count). The molecule has 2 fully saturated rings. The first-order valence-electron chi connectivity index (χ1n) is 24.3. The number of carbonyl (C=O) groups is 1. The molecule has 2 heterocycles. The van der Waals surface area contributed by atoms with E-state index in [1.165, 1.54) is 0 Å². The van der Waals surface area contributed by atoms with Gasteiger partial charge in [0.15, 0.2) is 12.6 Å². The van der Waals surface area contributed by atoms with Gasteiger partial charge >= 0.3 is 0 Å². The van der Waals surface area contributed by atoms with Crippen LogP contribution in [0, 0.1) is 0 Å². The van der Waals surface area contributed by atoms with Crippen LogP contribution in [0.25, 0.3) is 0 Å². The molecule has 12 unspecified atom stereocenters. The van der Waals surface area contributed by atoms with Gasteiger partial charge in [-0.1, -0.05) is 135 Å². The molecule has 2 aliphatic rings. The van der Waals surface area contributed by atoms with Gasteiger partial charge in [0.05, 0.1) is 32.0 Å². The molecule has 0 bridgehead atoms. The Balaban J connectivity index is 1.86. The standard InChI is InChI=1S/C53H83NO13/c1-3-5-7-9-11-13-15-16-17-18-19-20-21-22-23-24-25-26-27-29-31-33-35-37-45(58)54-41(42(57)36-34-32-30-28-14-12-10-8-6-4-2)40-64-52-50(63)48(61)51(44(39-56)66-52)67-53-49(62)47(60)46(59)43(38-55)65-53/h5-8,11,13-14,16-17,19-20,22-23,25-26,28-29,31,34,36,41-44,46-53,55-57,59-63H,3-4,9-10,12,15,18,21,24,27,30,32-33,35,37-40H2,1-2H3,(H,54,58)/b7-5-,8-6+,13-11-,17-16-,20-19-,23-22-,26-25-,28-14+,31-29-,36-34+. The zero-order valence-corrected chi connectivity index (χ0v) is 39.8. The number of ether oxygens (including phenoxy) is 4. The highest BCUT2D eigenvalue weighted by Crippen LogP contribution is 2.29. The summed E-state index contributed by atoms with van der Waals surface area (Å²) in [6.07, 6.45) is 36.9. The van der Waals surface area contributed by atoms with E-state index < -0.39 is 86.8 Å². The number of amides is 1. The summed E-state index contributed by atoms with van der Waals surface area (Å²) in [7, 11) is 0. The van der Waals surface area contributed by atoms with Gasteiger partial charge in [0.1, 0.15) is 48.8 Å². The van der Waals surface area contributed by atoms with E-state index in [1.807, 2.05) is 12.2 Å². The summed E-state index contributed by atoms with van der Waals surface area (Å²) < 4.78 is 22.6. The summed E-state index contributed by atoms with van der Waals surface area (Å²) in [6.45, 7) is 2.43. The van der Waals surface area contributed by atoms with Crippen molar-refractivity contribution in [2.45, 2.75) is 184 Å². The van der Waals surface area contributed by atoms with Crippen molar-refractivity contribution in [3.05, 3.63) is 122 Å². The van der Waals surface area contributed by atoms with Crippen LogP contribution in [0.3, 0.4) is 0 Å². The van der Waals surface area contributed by atoms with E-state index in [-0.39, 0.29) is 18.9 Å². The van der Waals surface area contributed by atoms with Crippen LogP contribution in [0.15, 0.2) is 122 Å². The first-order valence-corrected chi connectivity index (χ1v) is 24.3. The van der Waals surface area contributed by atoms with Crippen molar-refractivity contribution in [3.8, 4) is 0 Å². The highest BCUT2D eigenvalue weighted by molar-refractivity contribution is 5.76. The predicted molar refractivity (Wildman–Crippen MR) is 262 cm³/mol. The van der Waals surface area contributed by atoms with E-state index in [2.05, 4.69) is 122 Å². The van der Waals surface area contributed by atoms with Crippen molar-refractivity contribution < 1.29 is 64.6 Å². The number of hydrogen-bond acceptors (Lipinski definition) is 13. The first-order chi connectivity index (χ1) is 32.6. The van der Waals surface area contributed by atoms with Crippen molar-refractivity contribution in [2.75, 3.05) is 19.8 Å². The molecule has 2 aliphatic heterocycles. The lowest BCUT2D eigenvalue weighted by molar-refractivity contribution is -0.359. The van der Waals surface area contributed by atoms with E-state index in [0.29, 0.717) is 19.3 Å². The minimum Gasteiger partial charge on any atom is -0.394 e. The van der Waals surface area contributed by atoms with Crippen LogP contribution in [-0.4, -0.2) is 140 Å². The molecule has 14 heteroatoms. The highest BCUT2D eigenvalue weighted by Gasteiger charge is 2.51. The van der Waals surface area contributed by atoms with E-state index in [4.69, 9.17) is 18.9 Å². The zero-order chi connectivity index (χ0) is 48.9. The Morgan fingerprint density at radius 2 is 0.970 bits per heavy atom. The van der Waals surface area contributed by atoms with Crippen molar-refractivity contribution in [2.24, 2.45) is 0 Å². The predicted octanol–water partition coefficient (Wildman–Crippen LogP) is 5.93.